The van der Waals surface area contributed by atoms with Crippen LogP contribution in [0.25, 0.3) is 11.2 Å². The summed E-state index contributed by atoms with van der Waals surface area (Å²) in [6.45, 7) is -0.151. The highest BCUT2D eigenvalue weighted by Crippen LogP contribution is 2.36. The van der Waals surface area contributed by atoms with Crippen molar-refractivity contribution in [3.63, 3.8) is 0 Å². The molecule has 4 atom stereocenters. The molecule has 13 nitrogen and oxygen atoms in total. The summed E-state index contributed by atoms with van der Waals surface area (Å²) in [5.41, 5.74) is 7.24. The highest BCUT2D eigenvalue weighted by Gasteiger charge is 2.46. The molecule has 1 saturated heterocycles. The summed E-state index contributed by atoms with van der Waals surface area (Å²) >= 11 is 5.90. The first-order chi connectivity index (χ1) is 20.1. The van der Waals surface area contributed by atoms with Gasteiger partial charge in [0.15, 0.2) is 29.8 Å². The molecule has 1 aliphatic heterocycles. The first-order valence-electron chi connectivity index (χ1n) is 12.6. The van der Waals surface area contributed by atoms with Crippen molar-refractivity contribution in [2.75, 3.05) is 12.3 Å². The van der Waals surface area contributed by atoms with Crippen molar-refractivity contribution >= 4 is 40.5 Å². The molecule has 4 aromatic rings. The van der Waals surface area contributed by atoms with Crippen LogP contribution < -0.4 is 15.2 Å². The number of aliphatic carboxylic acids is 2. The largest absolute Gasteiger partial charge is 0.490 e. The molecule has 0 unspecified atom stereocenters. The third-order valence-corrected chi connectivity index (χ3v) is 6.87. The number of halogens is 2. The van der Waals surface area contributed by atoms with E-state index in [-0.39, 0.29) is 46.8 Å². The van der Waals surface area contributed by atoms with Crippen LogP contribution in [0.4, 0.5) is 10.2 Å². The van der Waals surface area contributed by atoms with Gasteiger partial charge >= 0.3 is 11.9 Å². The molecular formula is C27H25ClFN5O8. The van der Waals surface area contributed by atoms with E-state index in [0.717, 1.165) is 5.56 Å². The van der Waals surface area contributed by atoms with Gasteiger partial charge in [-0.3, -0.25) is 14.2 Å². The highest BCUT2D eigenvalue weighted by molar-refractivity contribution is 6.28. The van der Waals surface area contributed by atoms with E-state index in [1.807, 2.05) is 30.3 Å². The summed E-state index contributed by atoms with van der Waals surface area (Å²) in [6.07, 6.45) is -5.25. The number of nitrogens with two attached hydrogens (primary N) is 1. The van der Waals surface area contributed by atoms with E-state index in [0.29, 0.717) is 5.75 Å². The van der Waals surface area contributed by atoms with Gasteiger partial charge < -0.3 is 35.3 Å². The van der Waals surface area contributed by atoms with E-state index < -0.39 is 48.9 Å². The molecule has 0 spiro atoms. The number of aliphatic hydroxyl groups is 1. The highest BCUT2D eigenvalue weighted by atomic mass is 35.5. The Morgan fingerprint density at radius 1 is 1.12 bits per heavy atom. The third kappa shape index (κ3) is 6.05. The second-order valence-electron chi connectivity index (χ2n) is 9.49. The lowest BCUT2D eigenvalue weighted by Gasteiger charge is -2.19. The number of nitrogen functional groups attached to an aromatic ring is 1. The van der Waals surface area contributed by atoms with Crippen LogP contribution in [0.1, 0.15) is 17.4 Å². The zero-order chi connectivity index (χ0) is 30.0. The molecule has 5 rings (SSSR count). The Morgan fingerprint density at radius 2 is 1.86 bits per heavy atom. The number of rotatable bonds is 11. The maximum absolute atomic E-state index is 15.3. The lowest BCUT2D eigenvalue weighted by molar-refractivity contribution is -0.154. The number of carboxylic acid groups (broad SMARTS) is 2. The number of aliphatic hydroxyl groups excluding tert-OH is 1. The van der Waals surface area contributed by atoms with E-state index in [1.54, 1.807) is 6.07 Å². The van der Waals surface area contributed by atoms with Gasteiger partial charge in [0.2, 0.25) is 5.28 Å². The number of fused-ring (bicyclic) bond motifs is 1. The first kappa shape index (κ1) is 29.0. The Morgan fingerprint density at radius 3 is 2.57 bits per heavy atom. The SMILES string of the molecule is Nc1nc(Cl)nc2c1ncn2[C@@H]1O[C@H](COc2cc(OCc3ccccc3)ccc2CC(C(=O)O)C(=O)O)[C@@H](O)[C@@H]1F. The van der Waals surface area contributed by atoms with Gasteiger partial charge in [-0.25, -0.2) is 9.37 Å². The van der Waals surface area contributed by atoms with Crippen molar-refractivity contribution < 1.29 is 43.5 Å². The summed E-state index contributed by atoms with van der Waals surface area (Å²) in [4.78, 5) is 35.0. The van der Waals surface area contributed by atoms with Gasteiger partial charge in [-0.15, -0.1) is 0 Å². The van der Waals surface area contributed by atoms with Crippen LogP contribution in [0.5, 0.6) is 11.5 Å². The van der Waals surface area contributed by atoms with E-state index >= 15 is 4.39 Å². The number of alkyl halides is 1. The predicted octanol–water partition coefficient (Wildman–Crippen LogP) is 2.64. The van der Waals surface area contributed by atoms with Gasteiger partial charge in [0.1, 0.15) is 42.4 Å². The summed E-state index contributed by atoms with van der Waals surface area (Å²) in [7, 11) is 0. The smallest absolute Gasteiger partial charge is 0.318 e. The quantitative estimate of drug-likeness (QED) is 0.145. The van der Waals surface area contributed by atoms with E-state index in [4.69, 9.17) is 31.5 Å². The Balaban J connectivity index is 1.36. The molecular weight excluding hydrogens is 577 g/mol. The number of aromatic nitrogens is 4. The summed E-state index contributed by atoms with van der Waals surface area (Å²) < 4.78 is 34.0. The molecule has 3 heterocycles. The fourth-order valence-electron chi connectivity index (χ4n) is 4.50. The van der Waals surface area contributed by atoms with Crippen LogP contribution in [-0.4, -0.2) is 71.8 Å². The van der Waals surface area contributed by atoms with Crippen LogP contribution in [0.2, 0.25) is 5.28 Å². The molecule has 0 aliphatic carbocycles. The number of anilines is 1. The predicted molar refractivity (Wildman–Crippen MR) is 145 cm³/mol. The minimum Gasteiger partial charge on any atom is -0.490 e. The zero-order valence-corrected chi connectivity index (χ0v) is 22.5. The fourth-order valence-corrected chi connectivity index (χ4v) is 4.67. The molecule has 1 aliphatic rings. The Hall–Kier alpha value is -4.53. The van der Waals surface area contributed by atoms with Gasteiger partial charge in [-0.2, -0.15) is 9.97 Å². The second kappa shape index (κ2) is 12.1. The second-order valence-corrected chi connectivity index (χ2v) is 9.83. The van der Waals surface area contributed by atoms with Crippen molar-refractivity contribution in [3.05, 3.63) is 71.3 Å². The van der Waals surface area contributed by atoms with E-state index in [1.165, 1.54) is 23.0 Å². The Labute approximate surface area is 242 Å². The average molecular weight is 602 g/mol. The summed E-state index contributed by atoms with van der Waals surface area (Å²) in [5.74, 6) is -4.36. The van der Waals surface area contributed by atoms with Crippen molar-refractivity contribution in [1.29, 1.82) is 0 Å². The molecule has 42 heavy (non-hydrogen) atoms. The summed E-state index contributed by atoms with van der Waals surface area (Å²) in [5, 5.41) is 29.2. The lowest BCUT2D eigenvalue weighted by atomic mass is 9.98. The van der Waals surface area contributed by atoms with Crippen LogP contribution in [0.15, 0.2) is 54.9 Å². The Bertz CT molecular complexity index is 1590. The number of carbonyl (C=O) groups is 2. The van der Waals surface area contributed by atoms with Gasteiger partial charge in [-0.1, -0.05) is 36.4 Å². The monoisotopic (exact) mass is 601 g/mol. The van der Waals surface area contributed by atoms with E-state index in [2.05, 4.69) is 15.0 Å². The van der Waals surface area contributed by atoms with Crippen molar-refractivity contribution in [1.82, 2.24) is 19.5 Å². The lowest BCUT2D eigenvalue weighted by Crippen LogP contribution is -2.32. The van der Waals surface area contributed by atoms with Gasteiger partial charge in [0.05, 0.1) is 6.33 Å². The van der Waals surface area contributed by atoms with Crippen molar-refractivity contribution in [2.24, 2.45) is 5.92 Å². The van der Waals surface area contributed by atoms with E-state index in [9.17, 15) is 24.9 Å². The zero-order valence-electron chi connectivity index (χ0n) is 21.7. The number of benzene rings is 2. The molecule has 0 radical (unpaired) electrons. The average Bonchev–Trinajstić information content (AvgIpc) is 3.50. The van der Waals surface area contributed by atoms with Crippen molar-refractivity contribution in [2.45, 2.75) is 37.6 Å². The number of carboxylic acids is 2. The molecule has 1 fully saturated rings. The minimum absolute atomic E-state index is 0.0134. The van der Waals surface area contributed by atoms with Crippen LogP contribution >= 0.6 is 11.6 Å². The molecule has 2 aromatic carbocycles. The van der Waals surface area contributed by atoms with Crippen LogP contribution in [0.3, 0.4) is 0 Å². The molecule has 0 amide bonds. The number of imidazole rings is 1. The topological polar surface area (TPSA) is 192 Å². The van der Waals surface area contributed by atoms with Gasteiger partial charge in [0, 0.05) is 6.07 Å². The number of ether oxygens (including phenoxy) is 3. The van der Waals surface area contributed by atoms with Gasteiger partial charge in [-0.05, 0) is 35.2 Å². The first-order valence-corrected chi connectivity index (χ1v) is 13.0. The molecule has 2 aromatic heterocycles. The van der Waals surface area contributed by atoms with Crippen LogP contribution in [0, 0.1) is 5.92 Å². The maximum atomic E-state index is 15.3. The number of hydrogen-bond acceptors (Lipinski definition) is 10. The standard InChI is InChI=1S/C27H25ClFN5O8/c28-27-32-22(30)20-23(33-27)34(12-31-20)24-19(29)21(35)18(42-24)11-41-17-9-15(40-10-13-4-2-1-3-5-13)7-6-14(17)8-16(25(36)37)26(38)39/h1-7,9,12,16,18-19,21,24,35H,8,10-11H2,(H,36,37)(H,38,39)(H2,30,32,33)/t18-,19+,21-,24-/m1/s1. The third-order valence-electron chi connectivity index (χ3n) is 6.70. The maximum Gasteiger partial charge on any atom is 0.318 e. The molecule has 0 saturated carbocycles. The molecule has 15 heteroatoms. The minimum atomic E-state index is -1.92. The molecule has 0 bridgehead atoms. The van der Waals surface area contributed by atoms with Crippen LogP contribution in [-0.2, 0) is 27.4 Å². The Kier molecular flexibility index (Phi) is 8.38. The van der Waals surface area contributed by atoms with Gasteiger partial charge in [0.25, 0.3) is 0 Å². The fraction of sp³-hybridized carbons (Fsp3) is 0.296. The van der Waals surface area contributed by atoms with Crippen molar-refractivity contribution in [3.8, 4) is 11.5 Å². The number of nitrogens with zero attached hydrogens (tertiary/aromatic N) is 4. The normalized spacial score (nSPS) is 20.2. The summed E-state index contributed by atoms with van der Waals surface area (Å²) in [6, 6.07) is 13.8. The molecule has 220 valence electrons. The number of hydrogen-bond donors (Lipinski definition) is 4. The molecule has 5 N–H and O–H groups in total.